The van der Waals surface area contributed by atoms with Crippen LogP contribution in [0, 0.1) is 0 Å². The third-order valence-corrected chi connectivity index (χ3v) is 3.41. The van der Waals surface area contributed by atoms with Gasteiger partial charge in [-0.15, -0.1) is 6.58 Å². The summed E-state index contributed by atoms with van der Waals surface area (Å²) in [6.07, 6.45) is 0.610. The fourth-order valence-electron chi connectivity index (χ4n) is 0.720. The molecule has 0 heterocycles. The molecule has 0 bridgehead atoms. The molecule has 96 valence electrons. The summed E-state index contributed by atoms with van der Waals surface area (Å²) in [5, 5.41) is 7.76. The molecule has 1 atom stereocenters. The molecule has 3 N–H and O–H groups in total. The van der Waals surface area contributed by atoms with Crippen LogP contribution in [-0.2, 0) is 14.0 Å². The second kappa shape index (κ2) is 6.49. The second-order valence-electron chi connectivity index (χ2n) is 3.78. The van der Waals surface area contributed by atoms with Crippen LogP contribution in [0.2, 0.25) is 0 Å². The Kier molecular flexibility index (Phi) is 6.40. The quantitative estimate of drug-likeness (QED) is 0.331. The highest BCUT2D eigenvalue weighted by Gasteiger charge is 2.39. The van der Waals surface area contributed by atoms with Gasteiger partial charge in [-0.2, -0.15) is 0 Å². The van der Waals surface area contributed by atoms with E-state index in [1.165, 1.54) is 19.9 Å². The van der Waals surface area contributed by atoms with Crippen LogP contribution in [-0.4, -0.2) is 46.2 Å². The molecule has 16 heavy (non-hydrogen) atoms. The first-order valence-electron chi connectivity index (χ1n) is 4.77. The highest BCUT2D eigenvalue weighted by molar-refractivity contribution is 7.53. The van der Waals surface area contributed by atoms with E-state index in [2.05, 4.69) is 6.58 Å². The zero-order valence-electron chi connectivity index (χ0n) is 9.50. The standard InChI is InChI=1S/C9H19O6P/c1-4-5-14-6-8(10)7-15-9(2,3)16(11,12)13/h4,8,10H,1,5-7H2,2-3H3,(H2,11,12,13). The molecule has 0 amide bonds. The second-order valence-corrected chi connectivity index (χ2v) is 5.95. The zero-order chi connectivity index (χ0) is 12.8. The van der Waals surface area contributed by atoms with Gasteiger partial charge in [-0.05, 0) is 13.8 Å². The van der Waals surface area contributed by atoms with Crippen molar-refractivity contribution in [3.8, 4) is 0 Å². The summed E-state index contributed by atoms with van der Waals surface area (Å²) in [6, 6.07) is 0. The van der Waals surface area contributed by atoms with Crippen molar-refractivity contribution in [2.75, 3.05) is 19.8 Å². The lowest BCUT2D eigenvalue weighted by Gasteiger charge is -2.27. The van der Waals surface area contributed by atoms with Gasteiger partial charge < -0.3 is 24.4 Å². The number of aliphatic hydroxyl groups is 1. The molecule has 0 aliphatic carbocycles. The van der Waals surface area contributed by atoms with Gasteiger partial charge in [0.05, 0.1) is 19.8 Å². The Balaban J connectivity index is 3.95. The SMILES string of the molecule is C=CCOCC(O)COC(C)(C)P(=O)(O)O. The summed E-state index contributed by atoms with van der Waals surface area (Å²) in [5.74, 6) is 0. The van der Waals surface area contributed by atoms with E-state index in [0.29, 0.717) is 6.61 Å². The van der Waals surface area contributed by atoms with E-state index in [1.54, 1.807) is 0 Å². The first-order valence-corrected chi connectivity index (χ1v) is 6.38. The van der Waals surface area contributed by atoms with Gasteiger partial charge in [0.15, 0.2) is 5.34 Å². The smallest absolute Gasteiger partial charge is 0.356 e. The van der Waals surface area contributed by atoms with Gasteiger partial charge in [0.2, 0.25) is 0 Å². The summed E-state index contributed by atoms with van der Waals surface area (Å²) >= 11 is 0. The summed E-state index contributed by atoms with van der Waals surface area (Å²) in [7, 11) is -4.35. The number of hydrogen-bond donors (Lipinski definition) is 3. The molecule has 0 aliphatic heterocycles. The number of hydrogen-bond acceptors (Lipinski definition) is 4. The van der Waals surface area contributed by atoms with Crippen molar-refractivity contribution in [2.24, 2.45) is 0 Å². The largest absolute Gasteiger partial charge is 0.388 e. The molecular weight excluding hydrogens is 235 g/mol. The molecule has 0 aliphatic rings. The molecular formula is C9H19O6P. The molecule has 0 aromatic carbocycles. The normalized spacial score (nSPS) is 14.8. The Morgan fingerprint density at radius 3 is 2.44 bits per heavy atom. The molecule has 7 heteroatoms. The lowest BCUT2D eigenvalue weighted by Crippen LogP contribution is -2.31. The van der Waals surface area contributed by atoms with Gasteiger partial charge in [-0.3, -0.25) is 4.57 Å². The Morgan fingerprint density at radius 1 is 1.44 bits per heavy atom. The first kappa shape index (κ1) is 15.8. The molecule has 0 aromatic heterocycles. The van der Waals surface area contributed by atoms with E-state index in [4.69, 9.17) is 19.3 Å². The average Bonchev–Trinajstić information content (AvgIpc) is 2.13. The van der Waals surface area contributed by atoms with Crippen molar-refractivity contribution in [1.82, 2.24) is 0 Å². The number of rotatable bonds is 8. The Hall–Kier alpha value is -0.230. The number of ether oxygens (including phenoxy) is 2. The van der Waals surface area contributed by atoms with Gasteiger partial charge in [-0.1, -0.05) is 6.08 Å². The van der Waals surface area contributed by atoms with E-state index in [0.717, 1.165) is 0 Å². The molecule has 0 fully saturated rings. The van der Waals surface area contributed by atoms with Crippen molar-refractivity contribution in [1.29, 1.82) is 0 Å². The summed E-state index contributed by atoms with van der Waals surface area (Å²) in [6.45, 7) is 6.11. The van der Waals surface area contributed by atoms with Crippen molar-refractivity contribution in [2.45, 2.75) is 25.3 Å². The monoisotopic (exact) mass is 254 g/mol. The molecule has 0 radical (unpaired) electrons. The maximum absolute atomic E-state index is 11.0. The van der Waals surface area contributed by atoms with Gasteiger partial charge >= 0.3 is 7.60 Å². The first-order chi connectivity index (χ1) is 7.20. The predicted molar refractivity (Wildman–Crippen MR) is 59.1 cm³/mol. The minimum absolute atomic E-state index is 0.0310. The van der Waals surface area contributed by atoms with E-state index in [1.807, 2.05) is 0 Å². The van der Waals surface area contributed by atoms with Crippen LogP contribution in [0.15, 0.2) is 12.7 Å². The minimum Gasteiger partial charge on any atom is -0.388 e. The van der Waals surface area contributed by atoms with Crippen molar-refractivity contribution in [3.63, 3.8) is 0 Å². The highest BCUT2D eigenvalue weighted by Crippen LogP contribution is 2.50. The van der Waals surface area contributed by atoms with Crippen LogP contribution in [0.4, 0.5) is 0 Å². The van der Waals surface area contributed by atoms with Crippen molar-refractivity contribution < 1.29 is 28.9 Å². The van der Waals surface area contributed by atoms with Crippen molar-refractivity contribution >= 4 is 7.60 Å². The van der Waals surface area contributed by atoms with Gasteiger partial charge in [0.1, 0.15) is 6.10 Å². The lowest BCUT2D eigenvalue weighted by atomic mass is 10.4. The Labute approximate surface area is 95.0 Å². The van der Waals surface area contributed by atoms with E-state index >= 15 is 0 Å². The maximum Gasteiger partial charge on any atom is 0.356 e. The molecule has 6 nitrogen and oxygen atoms in total. The van der Waals surface area contributed by atoms with Crippen LogP contribution in [0.1, 0.15) is 13.8 Å². The zero-order valence-corrected chi connectivity index (χ0v) is 10.4. The third kappa shape index (κ3) is 5.75. The van der Waals surface area contributed by atoms with Gasteiger partial charge in [-0.25, -0.2) is 0 Å². The van der Waals surface area contributed by atoms with E-state index in [9.17, 15) is 9.67 Å². The topological polar surface area (TPSA) is 96.2 Å². The van der Waals surface area contributed by atoms with E-state index < -0.39 is 19.0 Å². The summed E-state index contributed by atoms with van der Waals surface area (Å²) in [5.41, 5.74) is 0. The summed E-state index contributed by atoms with van der Waals surface area (Å²) < 4.78 is 20.9. The fourth-order valence-corrected chi connectivity index (χ4v) is 0.962. The molecule has 0 saturated carbocycles. The fraction of sp³-hybridized carbons (Fsp3) is 0.778. The van der Waals surface area contributed by atoms with Crippen LogP contribution < -0.4 is 0 Å². The molecule has 0 saturated heterocycles. The van der Waals surface area contributed by atoms with Crippen LogP contribution in [0.25, 0.3) is 0 Å². The van der Waals surface area contributed by atoms with Gasteiger partial charge in [0.25, 0.3) is 0 Å². The maximum atomic E-state index is 11.0. The van der Waals surface area contributed by atoms with Crippen LogP contribution in [0.3, 0.4) is 0 Å². The van der Waals surface area contributed by atoms with Crippen molar-refractivity contribution in [3.05, 3.63) is 12.7 Å². The number of aliphatic hydroxyl groups excluding tert-OH is 1. The molecule has 0 rings (SSSR count). The van der Waals surface area contributed by atoms with E-state index in [-0.39, 0.29) is 13.2 Å². The third-order valence-electron chi connectivity index (χ3n) is 1.88. The Bertz CT molecular complexity index is 259. The van der Waals surface area contributed by atoms with Crippen LogP contribution >= 0.6 is 7.60 Å². The molecule has 0 aromatic rings. The lowest BCUT2D eigenvalue weighted by molar-refractivity contribution is -0.0524. The van der Waals surface area contributed by atoms with Gasteiger partial charge in [0, 0.05) is 0 Å². The minimum atomic E-state index is -4.35. The average molecular weight is 254 g/mol. The molecule has 0 spiro atoms. The Morgan fingerprint density at radius 2 is 2.00 bits per heavy atom. The molecule has 1 unspecified atom stereocenters. The predicted octanol–water partition coefficient (Wildman–Crippen LogP) is 0.480. The highest BCUT2D eigenvalue weighted by atomic mass is 31.2. The van der Waals surface area contributed by atoms with Crippen LogP contribution in [0.5, 0.6) is 0 Å². The summed E-state index contributed by atoms with van der Waals surface area (Å²) in [4.78, 5) is 17.9.